The maximum Gasteiger partial charge on any atom is 0.0474 e. The van der Waals surface area contributed by atoms with E-state index in [0.717, 1.165) is 12.8 Å². The number of hydrogen-bond donors (Lipinski definition) is 2. The molecular formula is C14H18N2S2. The Balaban J connectivity index is 2.08. The molecule has 0 saturated heterocycles. The topological polar surface area (TPSA) is 38.0 Å². The molecule has 3 N–H and O–H groups in total. The molecule has 2 rings (SSSR count). The zero-order chi connectivity index (χ0) is 12.8. The molecule has 0 spiro atoms. The molecule has 0 aliphatic heterocycles. The molecule has 0 amide bonds. The van der Waals surface area contributed by atoms with Crippen LogP contribution < -0.4 is 11.3 Å². The molecule has 2 nitrogen and oxygen atoms in total. The van der Waals surface area contributed by atoms with Crippen molar-refractivity contribution in [3.05, 3.63) is 52.2 Å². The Hall–Kier alpha value is -0.810. The number of benzene rings is 1. The Morgan fingerprint density at radius 3 is 2.83 bits per heavy atom. The fraction of sp³-hybridized carbons (Fsp3) is 0.286. The van der Waals surface area contributed by atoms with Crippen molar-refractivity contribution in [1.29, 1.82) is 0 Å². The molecule has 0 saturated carbocycles. The van der Waals surface area contributed by atoms with Crippen molar-refractivity contribution < 1.29 is 0 Å². The van der Waals surface area contributed by atoms with Crippen LogP contribution in [0.1, 0.15) is 23.6 Å². The van der Waals surface area contributed by atoms with Crippen LogP contribution in [0, 0.1) is 0 Å². The maximum absolute atomic E-state index is 5.71. The van der Waals surface area contributed by atoms with E-state index in [-0.39, 0.29) is 6.04 Å². The van der Waals surface area contributed by atoms with Crippen LogP contribution in [0.25, 0.3) is 0 Å². The Morgan fingerprint density at radius 1 is 1.33 bits per heavy atom. The minimum atomic E-state index is 0.216. The molecule has 96 valence electrons. The second-order valence-electron chi connectivity index (χ2n) is 4.13. The lowest BCUT2D eigenvalue weighted by Gasteiger charge is -2.18. The van der Waals surface area contributed by atoms with Gasteiger partial charge in [0.1, 0.15) is 0 Å². The van der Waals surface area contributed by atoms with Gasteiger partial charge >= 0.3 is 0 Å². The van der Waals surface area contributed by atoms with Crippen molar-refractivity contribution in [2.24, 2.45) is 5.84 Å². The quantitative estimate of drug-likeness (QED) is 0.481. The van der Waals surface area contributed by atoms with Crippen LogP contribution in [0.5, 0.6) is 0 Å². The molecule has 0 radical (unpaired) electrons. The lowest BCUT2D eigenvalue weighted by atomic mass is 10.0. The number of nitrogens with one attached hydrogen (secondary N) is 1. The lowest BCUT2D eigenvalue weighted by Crippen LogP contribution is -2.28. The van der Waals surface area contributed by atoms with Crippen molar-refractivity contribution in [1.82, 2.24) is 5.43 Å². The molecule has 1 aromatic carbocycles. The van der Waals surface area contributed by atoms with Gasteiger partial charge in [-0.3, -0.25) is 11.3 Å². The summed E-state index contributed by atoms with van der Waals surface area (Å²) < 4.78 is 0. The normalized spacial score (nSPS) is 12.6. The number of nitrogens with two attached hydrogens (primary N) is 1. The van der Waals surface area contributed by atoms with Crippen LogP contribution in [-0.4, -0.2) is 6.26 Å². The first-order valence-electron chi connectivity index (χ1n) is 5.95. The van der Waals surface area contributed by atoms with Gasteiger partial charge in [0.05, 0.1) is 0 Å². The highest BCUT2D eigenvalue weighted by atomic mass is 32.2. The summed E-state index contributed by atoms with van der Waals surface area (Å²) in [6, 6.07) is 10.8. The van der Waals surface area contributed by atoms with Gasteiger partial charge in [0.15, 0.2) is 0 Å². The number of hydrazine groups is 1. The third kappa shape index (κ3) is 3.36. The minimum absolute atomic E-state index is 0.216. The molecule has 1 unspecified atom stereocenters. The smallest absolute Gasteiger partial charge is 0.0474 e. The van der Waals surface area contributed by atoms with E-state index in [1.807, 2.05) is 0 Å². The number of hydrogen-bond acceptors (Lipinski definition) is 4. The second-order valence-corrected chi connectivity index (χ2v) is 5.76. The zero-order valence-electron chi connectivity index (χ0n) is 10.4. The first kappa shape index (κ1) is 13.6. The van der Waals surface area contributed by atoms with E-state index in [1.54, 1.807) is 23.1 Å². The molecule has 1 atom stereocenters. The molecule has 0 aliphatic carbocycles. The van der Waals surface area contributed by atoms with Gasteiger partial charge in [0.25, 0.3) is 0 Å². The minimum Gasteiger partial charge on any atom is -0.271 e. The fourth-order valence-electron chi connectivity index (χ4n) is 2.03. The molecule has 0 bridgehead atoms. The van der Waals surface area contributed by atoms with Crippen molar-refractivity contribution in [2.45, 2.75) is 23.8 Å². The maximum atomic E-state index is 5.71. The van der Waals surface area contributed by atoms with Crippen LogP contribution in [0.4, 0.5) is 0 Å². The fourth-order valence-corrected chi connectivity index (χ4v) is 3.39. The SMILES string of the molecule is CSc1ccccc1C(CCc1ccsc1)NN. The average molecular weight is 278 g/mol. The molecule has 1 aromatic heterocycles. The number of rotatable bonds is 6. The Morgan fingerprint density at radius 2 is 2.17 bits per heavy atom. The molecule has 0 fully saturated rings. The van der Waals surface area contributed by atoms with Crippen molar-refractivity contribution in [3.63, 3.8) is 0 Å². The van der Waals surface area contributed by atoms with Gasteiger partial charge in [-0.15, -0.1) is 11.8 Å². The third-order valence-electron chi connectivity index (χ3n) is 3.02. The largest absolute Gasteiger partial charge is 0.271 e. The Bertz CT molecular complexity index is 468. The third-order valence-corrected chi connectivity index (χ3v) is 4.56. The van der Waals surface area contributed by atoms with E-state index in [2.05, 4.69) is 52.8 Å². The van der Waals surface area contributed by atoms with Crippen LogP contribution in [0.2, 0.25) is 0 Å². The molecular weight excluding hydrogens is 260 g/mol. The number of thiophene rings is 1. The standard InChI is InChI=1S/C14H18N2S2/c1-17-14-5-3-2-4-12(14)13(16-15)7-6-11-8-9-18-10-11/h2-5,8-10,13,16H,6-7,15H2,1H3. The summed E-state index contributed by atoms with van der Waals surface area (Å²) in [7, 11) is 0. The van der Waals surface area contributed by atoms with Crippen LogP contribution in [0.15, 0.2) is 46.0 Å². The van der Waals surface area contributed by atoms with Gasteiger partial charge in [-0.1, -0.05) is 18.2 Å². The molecule has 4 heteroatoms. The summed E-state index contributed by atoms with van der Waals surface area (Å²) in [5.74, 6) is 5.71. The van der Waals surface area contributed by atoms with Gasteiger partial charge in [0, 0.05) is 10.9 Å². The summed E-state index contributed by atoms with van der Waals surface area (Å²) in [5, 5.41) is 4.32. The highest BCUT2D eigenvalue weighted by Gasteiger charge is 2.13. The Labute approximate surface area is 117 Å². The molecule has 2 aromatic rings. The molecule has 0 aliphatic rings. The summed E-state index contributed by atoms with van der Waals surface area (Å²) in [6.45, 7) is 0. The monoisotopic (exact) mass is 278 g/mol. The highest BCUT2D eigenvalue weighted by Crippen LogP contribution is 2.28. The first-order valence-corrected chi connectivity index (χ1v) is 8.12. The lowest BCUT2D eigenvalue weighted by molar-refractivity contribution is 0.510. The van der Waals surface area contributed by atoms with Gasteiger partial charge in [0.2, 0.25) is 0 Å². The molecule has 1 heterocycles. The van der Waals surface area contributed by atoms with E-state index >= 15 is 0 Å². The van der Waals surface area contributed by atoms with Crippen molar-refractivity contribution in [3.8, 4) is 0 Å². The van der Waals surface area contributed by atoms with Crippen molar-refractivity contribution >= 4 is 23.1 Å². The van der Waals surface area contributed by atoms with Gasteiger partial charge < -0.3 is 0 Å². The summed E-state index contributed by atoms with van der Waals surface area (Å²) in [4.78, 5) is 1.30. The Kier molecular flexibility index (Phi) is 5.26. The second kappa shape index (κ2) is 6.95. The van der Waals surface area contributed by atoms with Gasteiger partial charge in [-0.05, 0) is 53.1 Å². The van der Waals surface area contributed by atoms with Gasteiger partial charge in [-0.25, -0.2) is 0 Å². The summed E-state index contributed by atoms with van der Waals surface area (Å²) >= 11 is 3.52. The van der Waals surface area contributed by atoms with E-state index in [1.165, 1.54) is 16.0 Å². The van der Waals surface area contributed by atoms with E-state index < -0.39 is 0 Å². The van der Waals surface area contributed by atoms with E-state index in [9.17, 15) is 0 Å². The first-order chi connectivity index (χ1) is 8.85. The van der Waals surface area contributed by atoms with Gasteiger partial charge in [-0.2, -0.15) is 11.3 Å². The average Bonchev–Trinajstić information content (AvgIpc) is 2.93. The van der Waals surface area contributed by atoms with Crippen LogP contribution in [0.3, 0.4) is 0 Å². The van der Waals surface area contributed by atoms with Crippen LogP contribution >= 0.6 is 23.1 Å². The van der Waals surface area contributed by atoms with E-state index in [4.69, 9.17) is 5.84 Å². The predicted octanol–water partition coefficient (Wildman–Crippen LogP) is 3.61. The summed E-state index contributed by atoms with van der Waals surface area (Å²) in [5.41, 5.74) is 5.63. The predicted molar refractivity (Wildman–Crippen MR) is 80.9 cm³/mol. The number of thioether (sulfide) groups is 1. The molecule has 18 heavy (non-hydrogen) atoms. The summed E-state index contributed by atoms with van der Waals surface area (Å²) in [6.07, 6.45) is 4.18. The van der Waals surface area contributed by atoms with Crippen molar-refractivity contribution in [2.75, 3.05) is 6.26 Å². The van der Waals surface area contributed by atoms with E-state index in [0.29, 0.717) is 0 Å². The van der Waals surface area contributed by atoms with Crippen LogP contribution in [-0.2, 0) is 6.42 Å². The zero-order valence-corrected chi connectivity index (χ0v) is 12.1. The number of aryl methyl sites for hydroxylation is 1. The highest BCUT2D eigenvalue weighted by molar-refractivity contribution is 7.98.